The number of aromatic nitrogens is 1. The quantitative estimate of drug-likeness (QED) is 0.918. The average Bonchev–Trinajstić information content (AvgIpc) is 2.89. The summed E-state index contributed by atoms with van der Waals surface area (Å²) >= 11 is 5.93. The van der Waals surface area contributed by atoms with E-state index in [4.69, 9.17) is 21.1 Å². The Kier molecular flexibility index (Phi) is 2.74. The molecular formula is C18H17ClN2O2. The second-order valence-corrected chi connectivity index (χ2v) is 7.13. The van der Waals surface area contributed by atoms with E-state index in [1.165, 1.54) is 5.56 Å². The fourth-order valence-electron chi connectivity index (χ4n) is 4.04. The van der Waals surface area contributed by atoms with Crippen LogP contribution in [0.25, 0.3) is 0 Å². The molecular weight excluding hydrogens is 312 g/mol. The summed E-state index contributed by atoms with van der Waals surface area (Å²) in [5.74, 6) is 2.86. The smallest absolute Gasteiger partial charge is 0.292 e. The van der Waals surface area contributed by atoms with E-state index < -0.39 is 5.79 Å². The summed E-state index contributed by atoms with van der Waals surface area (Å²) in [6.07, 6.45) is 1.62. The van der Waals surface area contributed by atoms with Crippen molar-refractivity contribution >= 4 is 11.6 Å². The van der Waals surface area contributed by atoms with Gasteiger partial charge in [-0.1, -0.05) is 23.7 Å². The van der Waals surface area contributed by atoms with Gasteiger partial charge >= 0.3 is 0 Å². The Morgan fingerprint density at radius 3 is 2.74 bits per heavy atom. The van der Waals surface area contributed by atoms with Crippen LogP contribution in [0, 0.1) is 11.8 Å². The number of piperidine rings is 1. The van der Waals surface area contributed by atoms with Gasteiger partial charge in [-0.2, -0.15) is 0 Å². The maximum Gasteiger partial charge on any atom is 0.292 e. The van der Waals surface area contributed by atoms with Gasteiger partial charge in [-0.05, 0) is 49.0 Å². The number of para-hydroxylation sites is 1. The van der Waals surface area contributed by atoms with E-state index in [1.54, 1.807) is 6.20 Å². The lowest BCUT2D eigenvalue weighted by atomic mass is 10.1. The molecule has 1 N–H and O–H groups in total. The van der Waals surface area contributed by atoms with Crippen LogP contribution in [0.1, 0.15) is 24.1 Å². The molecule has 4 nitrogen and oxygen atoms in total. The minimum atomic E-state index is -0.898. The molecule has 1 aromatic heterocycles. The summed E-state index contributed by atoms with van der Waals surface area (Å²) in [4.78, 5) is 4.37. The number of halogens is 1. The molecule has 4 atom stereocenters. The van der Waals surface area contributed by atoms with Gasteiger partial charge in [0.15, 0.2) is 11.5 Å². The molecule has 0 spiro atoms. The summed E-state index contributed by atoms with van der Waals surface area (Å²) in [5.41, 5.74) is 2.00. The fourth-order valence-corrected chi connectivity index (χ4v) is 4.15. The van der Waals surface area contributed by atoms with Crippen LogP contribution in [0.3, 0.4) is 0 Å². The maximum absolute atomic E-state index is 6.27. The first-order valence-corrected chi connectivity index (χ1v) is 8.37. The minimum Gasteiger partial charge on any atom is -0.443 e. The molecule has 5 heteroatoms. The SMILES string of the molecule is CC1(c2ccc(Cl)cn2)Oc2cccc(C3[C@H]4CNC[C@@H]34)c2O1. The molecule has 1 saturated carbocycles. The molecule has 2 unspecified atom stereocenters. The van der Waals surface area contributed by atoms with Crippen molar-refractivity contribution in [3.05, 3.63) is 52.8 Å². The number of nitrogens with zero attached hydrogens (tertiary/aromatic N) is 1. The number of fused-ring (bicyclic) bond motifs is 2. The highest BCUT2D eigenvalue weighted by Gasteiger charge is 2.55. The van der Waals surface area contributed by atoms with E-state index in [0.717, 1.165) is 42.1 Å². The van der Waals surface area contributed by atoms with E-state index in [2.05, 4.69) is 22.4 Å². The van der Waals surface area contributed by atoms with Crippen molar-refractivity contribution in [1.82, 2.24) is 10.3 Å². The molecule has 1 saturated heterocycles. The molecule has 23 heavy (non-hydrogen) atoms. The topological polar surface area (TPSA) is 43.4 Å². The zero-order chi connectivity index (χ0) is 15.6. The average molecular weight is 329 g/mol. The molecule has 3 aliphatic rings. The Labute approximate surface area is 139 Å². The van der Waals surface area contributed by atoms with E-state index in [0.29, 0.717) is 10.9 Å². The second kappa shape index (κ2) is 4.62. The highest BCUT2D eigenvalue weighted by molar-refractivity contribution is 6.30. The summed E-state index contributed by atoms with van der Waals surface area (Å²) in [6.45, 7) is 4.12. The minimum absolute atomic E-state index is 0.593. The van der Waals surface area contributed by atoms with Gasteiger partial charge in [-0.25, -0.2) is 0 Å². The first-order valence-electron chi connectivity index (χ1n) is 7.99. The van der Waals surface area contributed by atoms with Crippen LogP contribution < -0.4 is 14.8 Å². The zero-order valence-corrected chi connectivity index (χ0v) is 13.5. The van der Waals surface area contributed by atoms with Gasteiger partial charge in [0, 0.05) is 18.7 Å². The van der Waals surface area contributed by atoms with Gasteiger partial charge < -0.3 is 14.8 Å². The summed E-state index contributed by atoms with van der Waals surface area (Å²) < 4.78 is 12.4. The predicted molar refractivity (Wildman–Crippen MR) is 86.9 cm³/mol. The number of hydrogen-bond donors (Lipinski definition) is 1. The first kappa shape index (κ1) is 13.6. The third kappa shape index (κ3) is 1.98. The van der Waals surface area contributed by atoms with Crippen molar-refractivity contribution < 1.29 is 9.47 Å². The van der Waals surface area contributed by atoms with Crippen molar-refractivity contribution in [2.45, 2.75) is 18.6 Å². The van der Waals surface area contributed by atoms with Gasteiger partial charge in [-0.15, -0.1) is 0 Å². The lowest BCUT2D eigenvalue weighted by molar-refractivity contribution is -0.0721. The first-order chi connectivity index (χ1) is 11.2. The molecule has 5 rings (SSSR count). The van der Waals surface area contributed by atoms with Crippen LogP contribution in [0.15, 0.2) is 36.5 Å². The summed E-state index contributed by atoms with van der Waals surface area (Å²) in [7, 11) is 0. The molecule has 0 bridgehead atoms. The number of benzene rings is 1. The Morgan fingerprint density at radius 2 is 2.00 bits per heavy atom. The van der Waals surface area contributed by atoms with Crippen molar-refractivity contribution in [3.63, 3.8) is 0 Å². The van der Waals surface area contributed by atoms with Gasteiger partial charge in [0.1, 0.15) is 5.69 Å². The number of rotatable bonds is 2. The normalized spacial score (nSPS) is 33.6. The lowest BCUT2D eigenvalue weighted by Crippen LogP contribution is -2.32. The van der Waals surface area contributed by atoms with Gasteiger partial charge in [-0.3, -0.25) is 4.98 Å². The number of ether oxygens (including phenoxy) is 2. The molecule has 3 heterocycles. The Balaban J connectivity index is 1.50. The fraction of sp³-hybridized carbons (Fsp3) is 0.389. The highest BCUT2D eigenvalue weighted by atomic mass is 35.5. The van der Waals surface area contributed by atoms with E-state index in [9.17, 15) is 0 Å². The lowest BCUT2D eigenvalue weighted by Gasteiger charge is -2.22. The third-order valence-electron chi connectivity index (χ3n) is 5.25. The van der Waals surface area contributed by atoms with Crippen LogP contribution in [0.4, 0.5) is 0 Å². The third-order valence-corrected chi connectivity index (χ3v) is 5.48. The van der Waals surface area contributed by atoms with Gasteiger partial charge in [0.05, 0.1) is 5.02 Å². The molecule has 0 radical (unpaired) electrons. The number of hydrogen-bond acceptors (Lipinski definition) is 4. The molecule has 0 amide bonds. The Hall–Kier alpha value is -1.78. The van der Waals surface area contributed by atoms with Crippen molar-refractivity contribution in [2.75, 3.05) is 13.1 Å². The van der Waals surface area contributed by atoms with Gasteiger partial charge in [0.25, 0.3) is 5.79 Å². The largest absolute Gasteiger partial charge is 0.443 e. The van der Waals surface area contributed by atoms with E-state index in [-0.39, 0.29) is 0 Å². The Bertz CT molecular complexity index is 769. The van der Waals surface area contributed by atoms with Gasteiger partial charge in [0.2, 0.25) is 0 Å². The van der Waals surface area contributed by atoms with E-state index in [1.807, 2.05) is 25.1 Å². The van der Waals surface area contributed by atoms with Crippen LogP contribution in [0.2, 0.25) is 5.02 Å². The summed E-state index contributed by atoms with van der Waals surface area (Å²) in [6, 6.07) is 9.86. The molecule has 1 aromatic carbocycles. The van der Waals surface area contributed by atoms with E-state index >= 15 is 0 Å². The van der Waals surface area contributed by atoms with Crippen LogP contribution >= 0.6 is 11.6 Å². The van der Waals surface area contributed by atoms with Crippen molar-refractivity contribution in [1.29, 1.82) is 0 Å². The predicted octanol–water partition coefficient (Wildman–Crippen LogP) is 3.31. The number of nitrogens with one attached hydrogen (secondary N) is 1. The second-order valence-electron chi connectivity index (χ2n) is 6.70. The molecule has 1 aliphatic carbocycles. The van der Waals surface area contributed by atoms with Crippen LogP contribution in [-0.4, -0.2) is 18.1 Å². The van der Waals surface area contributed by atoms with Crippen molar-refractivity contribution in [3.8, 4) is 11.5 Å². The summed E-state index contributed by atoms with van der Waals surface area (Å²) in [5, 5.41) is 4.05. The van der Waals surface area contributed by atoms with Crippen LogP contribution in [0.5, 0.6) is 11.5 Å². The monoisotopic (exact) mass is 328 g/mol. The molecule has 2 fully saturated rings. The standard InChI is InChI=1S/C18H17ClN2O2/c1-18(15-6-5-10(19)7-21-15)22-14-4-2-3-11(17(14)23-18)16-12-8-20-9-13(12)16/h2-7,12-13,16,20H,8-9H2,1H3/t12-,13+,16?,18?. The molecule has 2 aromatic rings. The highest BCUT2D eigenvalue weighted by Crippen LogP contribution is 2.60. The van der Waals surface area contributed by atoms with Crippen LogP contribution in [-0.2, 0) is 5.79 Å². The maximum atomic E-state index is 6.27. The van der Waals surface area contributed by atoms with Crippen molar-refractivity contribution in [2.24, 2.45) is 11.8 Å². The Morgan fingerprint density at radius 1 is 1.17 bits per heavy atom. The zero-order valence-electron chi connectivity index (χ0n) is 12.8. The molecule has 118 valence electrons. The number of pyridine rings is 1. The molecule has 2 aliphatic heterocycles.